The van der Waals surface area contributed by atoms with Crippen LogP contribution in [0.3, 0.4) is 0 Å². The summed E-state index contributed by atoms with van der Waals surface area (Å²) in [4.78, 5) is 12.6. The van der Waals surface area contributed by atoms with Gasteiger partial charge in [0.15, 0.2) is 5.78 Å². The van der Waals surface area contributed by atoms with Crippen LogP contribution in [0.15, 0.2) is 39.3 Å². The fourth-order valence-corrected chi connectivity index (χ4v) is 3.27. The number of benzene rings is 2. The van der Waals surface area contributed by atoms with E-state index in [1.165, 1.54) is 5.56 Å². The number of aryl methyl sites for hydroxylation is 1. The van der Waals surface area contributed by atoms with Crippen molar-refractivity contribution in [3.63, 3.8) is 0 Å². The van der Waals surface area contributed by atoms with Crippen molar-refractivity contribution in [2.24, 2.45) is 0 Å². The Kier molecular flexibility index (Phi) is 3.80. The van der Waals surface area contributed by atoms with E-state index in [0.717, 1.165) is 20.1 Å². The molecule has 0 radical (unpaired) electrons. The molecule has 0 saturated carbocycles. The van der Waals surface area contributed by atoms with Gasteiger partial charge in [-0.25, -0.2) is 0 Å². The van der Waals surface area contributed by atoms with Crippen molar-refractivity contribution in [1.82, 2.24) is 0 Å². The Morgan fingerprint density at radius 2 is 1.80 bits per heavy atom. The van der Waals surface area contributed by atoms with Gasteiger partial charge in [-0.2, -0.15) is 0 Å². The van der Waals surface area contributed by atoms with Gasteiger partial charge < -0.3 is 4.74 Å². The van der Waals surface area contributed by atoms with Gasteiger partial charge >= 0.3 is 0 Å². The smallest absolute Gasteiger partial charge is 0.194 e. The van der Waals surface area contributed by atoms with Crippen LogP contribution < -0.4 is 0 Å². The molecule has 20 heavy (non-hydrogen) atoms. The van der Waals surface area contributed by atoms with Gasteiger partial charge in [-0.05, 0) is 41.8 Å². The first-order valence-corrected chi connectivity index (χ1v) is 7.85. The second-order valence-corrected chi connectivity index (χ2v) is 6.60. The summed E-state index contributed by atoms with van der Waals surface area (Å²) in [5, 5.41) is 0. The van der Waals surface area contributed by atoms with Gasteiger partial charge in [0.2, 0.25) is 0 Å². The van der Waals surface area contributed by atoms with Gasteiger partial charge in [0, 0.05) is 20.1 Å². The lowest BCUT2D eigenvalue weighted by atomic mass is 9.99. The average Bonchev–Trinajstić information content (AvgIpc) is 2.89. The van der Waals surface area contributed by atoms with Crippen molar-refractivity contribution in [2.75, 3.05) is 0 Å². The van der Waals surface area contributed by atoms with Crippen molar-refractivity contribution in [3.05, 3.63) is 67.1 Å². The summed E-state index contributed by atoms with van der Waals surface area (Å²) < 4.78 is 7.14. The summed E-state index contributed by atoms with van der Waals surface area (Å²) in [6.45, 7) is 3.23. The molecule has 0 aliphatic carbocycles. The summed E-state index contributed by atoms with van der Waals surface area (Å²) in [6.07, 6.45) is 0. The minimum atomic E-state index is 0.0206. The summed E-state index contributed by atoms with van der Waals surface area (Å²) >= 11 is 6.95. The topological polar surface area (TPSA) is 26.3 Å². The van der Waals surface area contributed by atoms with E-state index in [-0.39, 0.29) is 5.78 Å². The predicted molar refractivity (Wildman–Crippen MR) is 84.9 cm³/mol. The zero-order chi connectivity index (χ0) is 14.3. The molecule has 2 nitrogen and oxygen atoms in total. The molecule has 0 N–H and O–H groups in total. The Labute approximate surface area is 134 Å². The van der Waals surface area contributed by atoms with Crippen LogP contribution in [0.4, 0.5) is 0 Å². The normalized spacial score (nSPS) is 13.3. The molecular formula is C16H12Br2O2. The SMILES string of the molecule is Cc1cc(Br)c(C(=O)c2ccc3c(c2)COC3)cc1Br. The highest BCUT2D eigenvalue weighted by molar-refractivity contribution is 9.11. The molecular weight excluding hydrogens is 384 g/mol. The lowest BCUT2D eigenvalue weighted by molar-refractivity contribution is 0.103. The number of hydrogen-bond donors (Lipinski definition) is 0. The number of hydrogen-bond acceptors (Lipinski definition) is 2. The standard InChI is InChI=1S/C16H12Br2O2/c1-9-4-15(18)13(6-14(9)17)16(19)10-2-3-11-7-20-8-12(11)5-10/h2-6H,7-8H2,1H3. The maximum Gasteiger partial charge on any atom is 0.194 e. The van der Waals surface area contributed by atoms with E-state index in [9.17, 15) is 4.79 Å². The Hall–Kier alpha value is -0.970. The van der Waals surface area contributed by atoms with Crippen LogP contribution in [0.2, 0.25) is 0 Å². The third-order valence-corrected chi connectivity index (χ3v) is 4.99. The van der Waals surface area contributed by atoms with E-state index in [0.29, 0.717) is 24.3 Å². The molecule has 0 unspecified atom stereocenters. The first kappa shape index (κ1) is 14.0. The monoisotopic (exact) mass is 394 g/mol. The van der Waals surface area contributed by atoms with Crippen LogP contribution in [0.1, 0.15) is 32.6 Å². The first-order chi connectivity index (χ1) is 9.56. The molecule has 0 fully saturated rings. The number of carbonyl (C=O) groups is 1. The van der Waals surface area contributed by atoms with Crippen molar-refractivity contribution in [1.29, 1.82) is 0 Å². The summed E-state index contributed by atoms with van der Waals surface area (Å²) in [5.74, 6) is 0.0206. The highest BCUT2D eigenvalue weighted by Crippen LogP contribution is 2.28. The second kappa shape index (κ2) is 5.43. The van der Waals surface area contributed by atoms with E-state index in [4.69, 9.17) is 4.74 Å². The minimum Gasteiger partial charge on any atom is -0.372 e. The summed E-state index contributed by atoms with van der Waals surface area (Å²) in [6, 6.07) is 9.60. The third-order valence-electron chi connectivity index (χ3n) is 3.48. The van der Waals surface area contributed by atoms with Gasteiger partial charge in [-0.3, -0.25) is 4.79 Å². The van der Waals surface area contributed by atoms with E-state index >= 15 is 0 Å². The first-order valence-electron chi connectivity index (χ1n) is 6.26. The molecule has 2 aromatic rings. The lowest BCUT2D eigenvalue weighted by Crippen LogP contribution is -2.04. The van der Waals surface area contributed by atoms with Crippen molar-refractivity contribution < 1.29 is 9.53 Å². The van der Waals surface area contributed by atoms with Gasteiger partial charge in [-0.1, -0.05) is 44.0 Å². The van der Waals surface area contributed by atoms with Crippen LogP contribution in [-0.4, -0.2) is 5.78 Å². The van der Waals surface area contributed by atoms with E-state index < -0.39 is 0 Å². The molecule has 1 aliphatic rings. The highest BCUT2D eigenvalue weighted by Gasteiger charge is 2.18. The molecule has 4 heteroatoms. The van der Waals surface area contributed by atoms with Gasteiger partial charge in [0.1, 0.15) is 0 Å². The average molecular weight is 396 g/mol. The Bertz CT molecular complexity index is 708. The van der Waals surface area contributed by atoms with Crippen molar-refractivity contribution in [3.8, 4) is 0 Å². The summed E-state index contributed by atoms with van der Waals surface area (Å²) in [7, 11) is 0. The molecule has 1 aliphatic heterocycles. The van der Waals surface area contributed by atoms with Gasteiger partial charge in [-0.15, -0.1) is 0 Å². The molecule has 3 rings (SSSR count). The molecule has 102 valence electrons. The molecule has 0 spiro atoms. The Morgan fingerprint density at radius 1 is 1.05 bits per heavy atom. The number of carbonyl (C=O) groups excluding carboxylic acids is 1. The predicted octanol–water partition coefficient (Wildman–Crippen LogP) is 4.78. The van der Waals surface area contributed by atoms with Crippen LogP contribution >= 0.6 is 31.9 Å². The Balaban J connectivity index is 2.03. The van der Waals surface area contributed by atoms with Crippen LogP contribution in [-0.2, 0) is 18.0 Å². The van der Waals surface area contributed by atoms with Crippen molar-refractivity contribution in [2.45, 2.75) is 20.1 Å². The Morgan fingerprint density at radius 3 is 2.60 bits per heavy atom. The lowest BCUT2D eigenvalue weighted by Gasteiger charge is -2.08. The highest BCUT2D eigenvalue weighted by atomic mass is 79.9. The van der Waals surface area contributed by atoms with Crippen LogP contribution in [0.25, 0.3) is 0 Å². The molecule has 0 saturated heterocycles. The van der Waals surface area contributed by atoms with Gasteiger partial charge in [0.05, 0.1) is 13.2 Å². The maximum absolute atomic E-state index is 12.6. The number of ether oxygens (including phenoxy) is 1. The quantitative estimate of drug-likeness (QED) is 0.684. The number of rotatable bonds is 2. The van der Waals surface area contributed by atoms with Gasteiger partial charge in [0.25, 0.3) is 0 Å². The van der Waals surface area contributed by atoms with E-state index in [1.54, 1.807) is 0 Å². The zero-order valence-electron chi connectivity index (χ0n) is 10.9. The fourth-order valence-electron chi connectivity index (χ4n) is 2.29. The van der Waals surface area contributed by atoms with Crippen molar-refractivity contribution >= 4 is 37.6 Å². The van der Waals surface area contributed by atoms with Crippen LogP contribution in [0, 0.1) is 6.92 Å². The molecule has 1 heterocycles. The third kappa shape index (κ3) is 2.48. The maximum atomic E-state index is 12.6. The molecule has 0 bridgehead atoms. The zero-order valence-corrected chi connectivity index (χ0v) is 14.0. The molecule has 0 aromatic heterocycles. The largest absolute Gasteiger partial charge is 0.372 e. The fraction of sp³-hybridized carbons (Fsp3) is 0.188. The second-order valence-electron chi connectivity index (χ2n) is 4.89. The number of fused-ring (bicyclic) bond motifs is 1. The molecule has 0 amide bonds. The number of ketones is 1. The minimum absolute atomic E-state index is 0.0206. The van der Waals surface area contributed by atoms with Crippen LogP contribution in [0.5, 0.6) is 0 Å². The van der Waals surface area contributed by atoms with E-state index in [2.05, 4.69) is 31.9 Å². The molecule has 2 aromatic carbocycles. The molecule has 0 atom stereocenters. The van der Waals surface area contributed by atoms with E-state index in [1.807, 2.05) is 37.3 Å². The number of halogens is 2. The summed E-state index contributed by atoms with van der Waals surface area (Å²) in [5.41, 5.74) is 4.74.